The van der Waals surface area contributed by atoms with Crippen molar-refractivity contribution in [2.45, 2.75) is 52.4 Å². The predicted octanol–water partition coefficient (Wildman–Crippen LogP) is 2.64. The fraction of sp³-hybridized carbons (Fsp3) is 0.727. The zero-order valence-electron chi connectivity index (χ0n) is 16.6. The van der Waals surface area contributed by atoms with Gasteiger partial charge in [0, 0.05) is 23.7 Å². The highest BCUT2D eigenvalue weighted by Crippen LogP contribution is 2.67. The zero-order valence-corrected chi connectivity index (χ0v) is 16.6. The number of carbonyl (C=O) groups excluding carboxylic acids is 4. The summed E-state index contributed by atoms with van der Waals surface area (Å²) in [5.74, 6) is -1.62. The minimum absolute atomic E-state index is 0.0390. The van der Waals surface area contributed by atoms with Crippen LogP contribution >= 0.6 is 0 Å². The maximum atomic E-state index is 13.2. The summed E-state index contributed by atoms with van der Waals surface area (Å²) < 4.78 is 11.0. The summed E-state index contributed by atoms with van der Waals surface area (Å²) in [6.07, 6.45) is 5.28. The van der Waals surface area contributed by atoms with Gasteiger partial charge in [-0.15, -0.1) is 0 Å². The van der Waals surface area contributed by atoms with E-state index in [-0.39, 0.29) is 36.8 Å². The highest BCUT2D eigenvalue weighted by molar-refractivity contribution is 6.15. The number of rotatable bonds is 3. The largest absolute Gasteiger partial charge is 0.465 e. The second-order valence-corrected chi connectivity index (χ2v) is 9.57. The van der Waals surface area contributed by atoms with Crippen LogP contribution in [0, 0.1) is 34.0 Å². The lowest BCUT2D eigenvalue weighted by atomic mass is 9.45. The van der Waals surface area contributed by atoms with Crippen molar-refractivity contribution in [2.24, 2.45) is 34.0 Å². The lowest BCUT2D eigenvalue weighted by molar-refractivity contribution is -0.214. The molecule has 0 amide bonds. The maximum Gasteiger partial charge on any atom is 0.320 e. The van der Waals surface area contributed by atoms with Crippen molar-refractivity contribution in [3.05, 3.63) is 12.2 Å². The van der Waals surface area contributed by atoms with Gasteiger partial charge in [-0.1, -0.05) is 19.9 Å². The standard InChI is InChI=1S/C22H28O6/c1-13-15-5-6-16-21(12-28-19(26)22(16,9-15)18(13)25)8-4-7-20(3,17(21)10-23)11-27-14(2)24/h10,15-17H,1,4-9,11-12H2,2-3H3. The molecule has 2 spiro atoms. The van der Waals surface area contributed by atoms with E-state index >= 15 is 0 Å². The van der Waals surface area contributed by atoms with E-state index in [9.17, 15) is 19.2 Å². The number of carbonyl (C=O) groups is 4. The molecule has 6 heteroatoms. The van der Waals surface area contributed by atoms with Gasteiger partial charge < -0.3 is 14.3 Å². The van der Waals surface area contributed by atoms with Crippen LogP contribution < -0.4 is 0 Å². The molecule has 28 heavy (non-hydrogen) atoms. The normalized spacial score (nSPS) is 44.8. The van der Waals surface area contributed by atoms with Crippen molar-refractivity contribution in [3.63, 3.8) is 0 Å². The summed E-state index contributed by atoms with van der Waals surface area (Å²) in [4.78, 5) is 49.9. The Labute approximate surface area is 165 Å². The number of fused-ring (bicyclic) bond motifs is 2. The van der Waals surface area contributed by atoms with E-state index in [1.165, 1.54) is 6.92 Å². The molecule has 0 radical (unpaired) electrons. The summed E-state index contributed by atoms with van der Waals surface area (Å²) in [5, 5.41) is 0. The lowest BCUT2D eigenvalue weighted by Gasteiger charge is -2.60. The minimum atomic E-state index is -1.18. The highest BCUT2D eigenvalue weighted by atomic mass is 16.5. The molecule has 3 saturated carbocycles. The maximum absolute atomic E-state index is 13.2. The fourth-order valence-electron chi connectivity index (χ4n) is 6.90. The topological polar surface area (TPSA) is 86.7 Å². The van der Waals surface area contributed by atoms with Crippen LogP contribution in [0.15, 0.2) is 12.2 Å². The minimum Gasteiger partial charge on any atom is -0.465 e. The first kappa shape index (κ1) is 19.3. The third-order valence-electron chi connectivity index (χ3n) is 8.19. The van der Waals surface area contributed by atoms with E-state index in [1.807, 2.05) is 6.92 Å². The Morgan fingerprint density at radius 2 is 2.07 bits per heavy atom. The van der Waals surface area contributed by atoms with Crippen molar-refractivity contribution in [1.29, 1.82) is 0 Å². The third kappa shape index (κ3) is 2.32. The van der Waals surface area contributed by atoms with E-state index in [0.717, 1.165) is 38.4 Å². The van der Waals surface area contributed by atoms with Crippen molar-refractivity contribution in [3.8, 4) is 0 Å². The first-order valence-corrected chi connectivity index (χ1v) is 10.2. The molecule has 0 aromatic carbocycles. The van der Waals surface area contributed by atoms with Crippen LogP contribution in [0.5, 0.6) is 0 Å². The van der Waals surface area contributed by atoms with E-state index in [1.54, 1.807) is 0 Å². The molecular weight excluding hydrogens is 360 g/mol. The van der Waals surface area contributed by atoms with Gasteiger partial charge in [0.05, 0.1) is 13.2 Å². The second-order valence-electron chi connectivity index (χ2n) is 9.57. The molecule has 0 aromatic heterocycles. The Bertz CT molecular complexity index is 771. The van der Waals surface area contributed by atoms with Gasteiger partial charge in [-0.3, -0.25) is 14.4 Å². The molecule has 4 aliphatic rings. The smallest absolute Gasteiger partial charge is 0.320 e. The Balaban J connectivity index is 1.78. The Kier molecular flexibility index (Phi) is 4.32. The summed E-state index contributed by atoms with van der Waals surface area (Å²) >= 11 is 0. The number of esters is 2. The van der Waals surface area contributed by atoms with Crippen molar-refractivity contribution >= 4 is 24.0 Å². The summed E-state index contributed by atoms with van der Waals surface area (Å²) in [7, 11) is 0. The third-order valence-corrected chi connectivity index (χ3v) is 8.19. The summed E-state index contributed by atoms with van der Waals surface area (Å²) in [5.41, 5.74) is -1.77. The van der Waals surface area contributed by atoms with Gasteiger partial charge in [0.25, 0.3) is 0 Å². The average Bonchev–Trinajstić information content (AvgIpc) is 2.85. The molecule has 152 valence electrons. The number of aldehydes is 1. The van der Waals surface area contributed by atoms with Crippen LogP contribution in [-0.2, 0) is 28.7 Å². The summed E-state index contributed by atoms with van der Waals surface area (Å²) in [6, 6.07) is 0. The van der Waals surface area contributed by atoms with Gasteiger partial charge in [0.2, 0.25) is 0 Å². The van der Waals surface area contributed by atoms with Crippen molar-refractivity contribution in [1.82, 2.24) is 0 Å². The van der Waals surface area contributed by atoms with Crippen LogP contribution in [0.2, 0.25) is 0 Å². The number of hydrogen-bond acceptors (Lipinski definition) is 6. The van der Waals surface area contributed by atoms with Crippen LogP contribution in [0.3, 0.4) is 0 Å². The van der Waals surface area contributed by atoms with Gasteiger partial charge in [-0.25, -0.2) is 0 Å². The van der Waals surface area contributed by atoms with Gasteiger partial charge in [0.15, 0.2) is 5.78 Å². The number of allylic oxidation sites excluding steroid dienone is 1. The van der Waals surface area contributed by atoms with E-state index in [4.69, 9.17) is 9.47 Å². The average molecular weight is 388 g/mol. The summed E-state index contributed by atoms with van der Waals surface area (Å²) in [6.45, 7) is 7.61. The monoisotopic (exact) mass is 388 g/mol. The van der Waals surface area contributed by atoms with Crippen molar-refractivity contribution < 1.29 is 28.7 Å². The number of hydrogen-bond donors (Lipinski definition) is 0. The Morgan fingerprint density at radius 1 is 1.32 bits per heavy atom. The Hall–Kier alpha value is -1.98. The van der Waals surface area contributed by atoms with Crippen LogP contribution in [-0.4, -0.2) is 37.2 Å². The highest BCUT2D eigenvalue weighted by Gasteiger charge is 2.72. The molecule has 2 bridgehead atoms. The zero-order chi connectivity index (χ0) is 20.3. The number of ether oxygens (including phenoxy) is 2. The molecule has 0 aromatic rings. The van der Waals surface area contributed by atoms with Gasteiger partial charge >= 0.3 is 11.9 Å². The van der Waals surface area contributed by atoms with E-state index < -0.39 is 28.1 Å². The number of Topliss-reactive ketones (excluding diaryl/α,β-unsaturated/α-hetero) is 1. The quantitative estimate of drug-likeness (QED) is 0.320. The number of ketones is 1. The molecule has 1 aliphatic heterocycles. The van der Waals surface area contributed by atoms with Gasteiger partial charge in [-0.2, -0.15) is 0 Å². The molecule has 6 atom stereocenters. The molecule has 6 unspecified atom stereocenters. The molecule has 4 rings (SSSR count). The lowest BCUT2D eigenvalue weighted by Crippen LogP contribution is -2.64. The first-order valence-electron chi connectivity index (χ1n) is 10.2. The van der Waals surface area contributed by atoms with Crippen LogP contribution in [0.4, 0.5) is 0 Å². The molecule has 1 saturated heterocycles. The van der Waals surface area contributed by atoms with Gasteiger partial charge in [0.1, 0.15) is 11.7 Å². The molecule has 0 N–H and O–H groups in total. The van der Waals surface area contributed by atoms with Crippen LogP contribution in [0.25, 0.3) is 0 Å². The fourth-order valence-corrected chi connectivity index (χ4v) is 6.90. The SMILES string of the molecule is C=C1C(=O)C23CC1CCC2C1(CCCC(C)(COC(C)=O)C1C=O)COC3=O. The number of cyclic esters (lactones) is 1. The molecule has 1 heterocycles. The Morgan fingerprint density at radius 3 is 2.75 bits per heavy atom. The van der Waals surface area contributed by atoms with Crippen LogP contribution in [0.1, 0.15) is 52.4 Å². The van der Waals surface area contributed by atoms with E-state index in [2.05, 4.69) is 6.58 Å². The first-order chi connectivity index (χ1) is 13.2. The predicted molar refractivity (Wildman–Crippen MR) is 98.9 cm³/mol. The molecule has 6 nitrogen and oxygen atoms in total. The van der Waals surface area contributed by atoms with Crippen molar-refractivity contribution in [2.75, 3.05) is 13.2 Å². The second kappa shape index (κ2) is 6.26. The molecule has 3 aliphatic carbocycles. The van der Waals surface area contributed by atoms with Gasteiger partial charge in [-0.05, 0) is 49.5 Å². The molecular formula is C22H28O6. The molecule has 4 fully saturated rings. The van der Waals surface area contributed by atoms with E-state index in [0.29, 0.717) is 12.0 Å².